The Morgan fingerprint density at radius 1 is 1.27 bits per heavy atom. The van der Waals surface area contributed by atoms with E-state index in [0.29, 0.717) is 0 Å². The average molecular weight is 300 g/mol. The first-order valence-corrected chi connectivity index (χ1v) is 7.74. The van der Waals surface area contributed by atoms with Gasteiger partial charge in [-0.15, -0.1) is 0 Å². The number of aromatic nitrogens is 1. The molecule has 1 amide bonds. The molecule has 0 saturated carbocycles. The lowest BCUT2D eigenvalue weighted by molar-refractivity contribution is -0.123. The predicted molar refractivity (Wildman–Crippen MR) is 86.7 cm³/mol. The van der Waals surface area contributed by atoms with Crippen LogP contribution >= 0.6 is 0 Å². The normalized spacial score (nSPS) is 13.7. The van der Waals surface area contributed by atoms with Crippen molar-refractivity contribution in [2.75, 3.05) is 0 Å². The third kappa shape index (κ3) is 3.21. The third-order valence-corrected chi connectivity index (χ3v) is 4.18. The Labute approximate surface area is 131 Å². The van der Waals surface area contributed by atoms with E-state index >= 15 is 0 Å². The first kappa shape index (κ1) is 16.3. The Balaban J connectivity index is 2.18. The third-order valence-electron chi connectivity index (χ3n) is 4.18. The van der Waals surface area contributed by atoms with Gasteiger partial charge in [0.05, 0.1) is 17.7 Å². The van der Waals surface area contributed by atoms with Crippen molar-refractivity contribution in [1.82, 2.24) is 10.5 Å². The zero-order valence-electron chi connectivity index (χ0n) is 13.9. The molecular weight excluding hydrogens is 276 g/mol. The van der Waals surface area contributed by atoms with Gasteiger partial charge in [-0.2, -0.15) is 0 Å². The number of nitrogens with zero attached hydrogens (tertiary/aromatic N) is 1. The zero-order valence-corrected chi connectivity index (χ0v) is 13.9. The van der Waals surface area contributed by atoms with Crippen LogP contribution in [0.15, 0.2) is 28.8 Å². The molecule has 2 rings (SSSR count). The molecule has 0 spiro atoms. The molecule has 1 aromatic heterocycles. The van der Waals surface area contributed by atoms with Crippen molar-refractivity contribution in [2.45, 2.75) is 53.0 Å². The smallest absolute Gasteiger partial charge is 0.228 e. The van der Waals surface area contributed by atoms with Crippen LogP contribution in [-0.4, -0.2) is 11.1 Å². The molecule has 0 saturated heterocycles. The van der Waals surface area contributed by atoms with Gasteiger partial charge >= 0.3 is 0 Å². The first-order chi connectivity index (χ1) is 10.5. The highest BCUT2D eigenvalue weighted by atomic mass is 16.5. The number of carbonyl (C=O) groups excluding carboxylic acids is 1. The second kappa shape index (κ2) is 6.77. The van der Waals surface area contributed by atoms with Gasteiger partial charge in [0.1, 0.15) is 5.76 Å². The summed E-state index contributed by atoms with van der Waals surface area (Å²) >= 11 is 0. The van der Waals surface area contributed by atoms with Gasteiger partial charge in [0.25, 0.3) is 0 Å². The molecule has 0 bridgehead atoms. The van der Waals surface area contributed by atoms with Crippen LogP contribution in [0.5, 0.6) is 0 Å². The Morgan fingerprint density at radius 3 is 2.50 bits per heavy atom. The molecule has 1 aromatic carbocycles. The van der Waals surface area contributed by atoms with Crippen LogP contribution in [0.25, 0.3) is 0 Å². The monoisotopic (exact) mass is 300 g/mol. The maximum atomic E-state index is 12.7. The van der Waals surface area contributed by atoms with Gasteiger partial charge in [-0.05, 0) is 45.2 Å². The zero-order chi connectivity index (χ0) is 16.3. The summed E-state index contributed by atoms with van der Waals surface area (Å²) in [5.41, 5.74) is 4.03. The van der Waals surface area contributed by atoms with E-state index in [-0.39, 0.29) is 17.9 Å². The Morgan fingerprint density at radius 2 is 1.95 bits per heavy atom. The minimum absolute atomic E-state index is 0.0210. The van der Waals surface area contributed by atoms with E-state index in [9.17, 15) is 4.79 Å². The molecule has 0 radical (unpaired) electrons. The maximum Gasteiger partial charge on any atom is 0.228 e. The van der Waals surface area contributed by atoms with Crippen LogP contribution in [0.2, 0.25) is 0 Å². The largest absolute Gasteiger partial charge is 0.361 e. The van der Waals surface area contributed by atoms with E-state index in [4.69, 9.17) is 4.52 Å². The van der Waals surface area contributed by atoms with Crippen molar-refractivity contribution in [3.63, 3.8) is 0 Å². The standard InChI is InChI=1S/C18H24N2O2/c1-6-15(17-13(4)20-22-14(17)5)18(21)19-12(3)16-10-8-7-9-11(16)2/h7-10,12,15H,6H2,1-5H3,(H,19,21). The summed E-state index contributed by atoms with van der Waals surface area (Å²) in [5.74, 6) is 0.522. The summed E-state index contributed by atoms with van der Waals surface area (Å²) in [4.78, 5) is 12.7. The molecule has 2 atom stereocenters. The number of hydrogen-bond donors (Lipinski definition) is 1. The van der Waals surface area contributed by atoms with Crippen molar-refractivity contribution in [3.05, 3.63) is 52.4 Å². The van der Waals surface area contributed by atoms with Crippen LogP contribution < -0.4 is 5.32 Å². The number of carbonyl (C=O) groups is 1. The van der Waals surface area contributed by atoms with E-state index in [1.165, 1.54) is 5.56 Å². The molecule has 4 heteroatoms. The summed E-state index contributed by atoms with van der Waals surface area (Å²) in [7, 11) is 0. The van der Waals surface area contributed by atoms with E-state index in [1.54, 1.807) is 0 Å². The number of amides is 1. The van der Waals surface area contributed by atoms with Gasteiger partial charge in [0.2, 0.25) is 5.91 Å². The van der Waals surface area contributed by atoms with Crippen LogP contribution in [-0.2, 0) is 4.79 Å². The highest BCUT2D eigenvalue weighted by Crippen LogP contribution is 2.27. The summed E-state index contributed by atoms with van der Waals surface area (Å²) < 4.78 is 5.21. The molecule has 0 aliphatic rings. The number of benzene rings is 1. The fourth-order valence-corrected chi connectivity index (χ4v) is 2.97. The maximum absolute atomic E-state index is 12.7. The second-order valence-electron chi connectivity index (χ2n) is 5.79. The predicted octanol–water partition coefficient (Wildman–Crippen LogP) is 3.97. The van der Waals surface area contributed by atoms with Gasteiger partial charge < -0.3 is 9.84 Å². The van der Waals surface area contributed by atoms with E-state index in [1.807, 2.05) is 39.8 Å². The highest BCUT2D eigenvalue weighted by Gasteiger charge is 2.26. The van der Waals surface area contributed by atoms with Crippen LogP contribution in [0.1, 0.15) is 60.4 Å². The number of nitrogens with one attached hydrogen (secondary N) is 1. The molecule has 118 valence electrons. The SMILES string of the molecule is CCC(C(=O)NC(C)c1ccccc1C)c1c(C)noc1C. The van der Waals surface area contributed by atoms with Crippen LogP contribution in [0, 0.1) is 20.8 Å². The minimum atomic E-state index is -0.224. The second-order valence-corrected chi connectivity index (χ2v) is 5.79. The summed E-state index contributed by atoms with van der Waals surface area (Å²) in [6, 6.07) is 8.09. The average Bonchev–Trinajstić information content (AvgIpc) is 2.80. The van der Waals surface area contributed by atoms with Crippen molar-refractivity contribution in [1.29, 1.82) is 0 Å². The summed E-state index contributed by atoms with van der Waals surface area (Å²) in [6.45, 7) is 9.82. The molecule has 0 fully saturated rings. The fourth-order valence-electron chi connectivity index (χ4n) is 2.97. The van der Waals surface area contributed by atoms with Gasteiger partial charge in [-0.25, -0.2) is 0 Å². The van der Waals surface area contributed by atoms with Crippen LogP contribution in [0.3, 0.4) is 0 Å². The molecule has 1 heterocycles. The molecule has 1 N–H and O–H groups in total. The molecule has 4 nitrogen and oxygen atoms in total. The lowest BCUT2D eigenvalue weighted by atomic mass is 9.93. The lowest BCUT2D eigenvalue weighted by Crippen LogP contribution is -2.32. The Hall–Kier alpha value is -2.10. The van der Waals surface area contributed by atoms with E-state index in [0.717, 1.165) is 29.0 Å². The molecule has 2 aromatic rings. The quantitative estimate of drug-likeness (QED) is 0.909. The van der Waals surface area contributed by atoms with Crippen molar-refractivity contribution < 1.29 is 9.32 Å². The van der Waals surface area contributed by atoms with Crippen molar-refractivity contribution >= 4 is 5.91 Å². The summed E-state index contributed by atoms with van der Waals surface area (Å²) in [6.07, 6.45) is 0.717. The minimum Gasteiger partial charge on any atom is -0.361 e. The van der Waals surface area contributed by atoms with Gasteiger partial charge in [-0.1, -0.05) is 36.3 Å². The molecular formula is C18H24N2O2. The van der Waals surface area contributed by atoms with Gasteiger partial charge in [0.15, 0.2) is 0 Å². The topological polar surface area (TPSA) is 55.1 Å². The molecule has 0 aliphatic heterocycles. The highest BCUT2D eigenvalue weighted by molar-refractivity contribution is 5.84. The molecule has 2 unspecified atom stereocenters. The number of aryl methyl sites for hydroxylation is 3. The van der Waals surface area contributed by atoms with Gasteiger partial charge in [-0.3, -0.25) is 4.79 Å². The Kier molecular flexibility index (Phi) is 5.01. The molecule has 0 aliphatic carbocycles. The number of hydrogen-bond acceptors (Lipinski definition) is 3. The first-order valence-electron chi connectivity index (χ1n) is 7.74. The number of rotatable bonds is 5. The van der Waals surface area contributed by atoms with E-state index < -0.39 is 0 Å². The van der Waals surface area contributed by atoms with Crippen molar-refractivity contribution in [2.24, 2.45) is 0 Å². The lowest BCUT2D eigenvalue weighted by Gasteiger charge is -2.21. The van der Waals surface area contributed by atoms with Gasteiger partial charge in [0, 0.05) is 5.56 Å². The van der Waals surface area contributed by atoms with Crippen molar-refractivity contribution in [3.8, 4) is 0 Å². The van der Waals surface area contributed by atoms with E-state index in [2.05, 4.69) is 29.5 Å². The Bertz CT molecular complexity index is 641. The van der Waals surface area contributed by atoms with Crippen LogP contribution in [0.4, 0.5) is 0 Å². The summed E-state index contributed by atoms with van der Waals surface area (Å²) in [5, 5.41) is 7.09. The fraction of sp³-hybridized carbons (Fsp3) is 0.444. The molecule has 22 heavy (non-hydrogen) atoms.